The molecule has 0 amide bonds. The van der Waals surface area contributed by atoms with Gasteiger partial charge in [0.2, 0.25) is 0 Å². The number of nitrogens with zero attached hydrogens (tertiary/aromatic N) is 1. The maximum atomic E-state index is 3.45. The highest BCUT2D eigenvalue weighted by atomic mass is 15.1. The quantitative estimate of drug-likeness (QED) is 0.858. The molecule has 1 aliphatic rings. The number of nitrogens with one attached hydrogen (secondary N) is 1. The van der Waals surface area contributed by atoms with Gasteiger partial charge >= 0.3 is 0 Å². The highest BCUT2D eigenvalue weighted by molar-refractivity contribution is 5.18. The molecular weight excluding hydrogens is 220 g/mol. The highest BCUT2D eigenvalue weighted by Gasteiger charge is 2.13. The van der Waals surface area contributed by atoms with Crippen molar-refractivity contribution in [2.75, 3.05) is 26.7 Å². The average Bonchev–Trinajstić information content (AvgIpc) is 2.69. The van der Waals surface area contributed by atoms with E-state index in [4.69, 9.17) is 0 Å². The van der Waals surface area contributed by atoms with Gasteiger partial charge in [0, 0.05) is 6.04 Å². The third-order valence-electron chi connectivity index (χ3n) is 3.98. The van der Waals surface area contributed by atoms with Crippen LogP contribution in [0.4, 0.5) is 0 Å². The molecule has 1 unspecified atom stereocenters. The van der Waals surface area contributed by atoms with Gasteiger partial charge in [0.1, 0.15) is 0 Å². The van der Waals surface area contributed by atoms with Crippen molar-refractivity contribution in [2.24, 2.45) is 0 Å². The lowest BCUT2D eigenvalue weighted by Crippen LogP contribution is -2.29. The molecule has 1 saturated heterocycles. The predicted molar refractivity (Wildman–Crippen MR) is 77.8 cm³/mol. The van der Waals surface area contributed by atoms with E-state index >= 15 is 0 Å². The lowest BCUT2D eigenvalue weighted by molar-refractivity contribution is 0.268. The zero-order chi connectivity index (χ0) is 12.6. The first-order valence-corrected chi connectivity index (χ1v) is 7.34. The monoisotopic (exact) mass is 246 g/mol. The van der Waals surface area contributed by atoms with Gasteiger partial charge in [-0.1, -0.05) is 43.2 Å². The molecule has 0 radical (unpaired) electrons. The summed E-state index contributed by atoms with van der Waals surface area (Å²) in [5.41, 5.74) is 1.41. The SMILES string of the molecule is CNC(CCN1CCCCCC1)c1ccccc1. The fraction of sp³-hybridized carbons (Fsp3) is 0.625. The van der Waals surface area contributed by atoms with E-state index in [-0.39, 0.29) is 0 Å². The summed E-state index contributed by atoms with van der Waals surface area (Å²) in [7, 11) is 2.07. The Bertz CT molecular complexity index is 315. The Morgan fingerprint density at radius 3 is 2.33 bits per heavy atom. The third-order valence-corrected chi connectivity index (χ3v) is 3.98. The van der Waals surface area contributed by atoms with Crippen molar-refractivity contribution in [2.45, 2.75) is 38.1 Å². The van der Waals surface area contributed by atoms with E-state index in [1.165, 1.54) is 57.3 Å². The summed E-state index contributed by atoms with van der Waals surface area (Å²) >= 11 is 0. The lowest BCUT2D eigenvalue weighted by Gasteiger charge is -2.23. The van der Waals surface area contributed by atoms with Gasteiger partial charge < -0.3 is 10.2 Å². The van der Waals surface area contributed by atoms with Gasteiger partial charge in [-0.2, -0.15) is 0 Å². The first-order chi connectivity index (χ1) is 8.90. The summed E-state index contributed by atoms with van der Waals surface area (Å²) in [5.74, 6) is 0. The van der Waals surface area contributed by atoms with E-state index in [1.54, 1.807) is 0 Å². The third kappa shape index (κ3) is 4.11. The van der Waals surface area contributed by atoms with Crippen molar-refractivity contribution in [3.63, 3.8) is 0 Å². The normalized spacial score (nSPS) is 19.4. The Morgan fingerprint density at radius 1 is 1.06 bits per heavy atom. The summed E-state index contributed by atoms with van der Waals surface area (Å²) in [6, 6.07) is 11.3. The number of benzene rings is 1. The van der Waals surface area contributed by atoms with Crippen molar-refractivity contribution in [1.29, 1.82) is 0 Å². The Balaban J connectivity index is 1.83. The Kier molecular flexibility index (Phi) is 5.69. The van der Waals surface area contributed by atoms with Crippen LogP contribution in [0.15, 0.2) is 30.3 Å². The molecule has 1 heterocycles. The fourth-order valence-electron chi connectivity index (χ4n) is 2.83. The zero-order valence-corrected chi connectivity index (χ0v) is 11.6. The summed E-state index contributed by atoms with van der Waals surface area (Å²) in [4.78, 5) is 2.64. The molecule has 100 valence electrons. The Hall–Kier alpha value is -0.860. The zero-order valence-electron chi connectivity index (χ0n) is 11.6. The first-order valence-electron chi connectivity index (χ1n) is 7.34. The van der Waals surface area contributed by atoms with Gasteiger partial charge in [-0.15, -0.1) is 0 Å². The summed E-state index contributed by atoms with van der Waals surface area (Å²) in [6.07, 6.45) is 6.82. The molecule has 18 heavy (non-hydrogen) atoms. The largest absolute Gasteiger partial charge is 0.313 e. The van der Waals surface area contributed by atoms with E-state index in [0.717, 1.165) is 0 Å². The number of hydrogen-bond acceptors (Lipinski definition) is 2. The van der Waals surface area contributed by atoms with Gasteiger partial charge in [0.25, 0.3) is 0 Å². The molecule has 1 fully saturated rings. The molecule has 2 nitrogen and oxygen atoms in total. The van der Waals surface area contributed by atoms with E-state index in [9.17, 15) is 0 Å². The van der Waals surface area contributed by atoms with Crippen molar-refractivity contribution in [3.8, 4) is 0 Å². The highest BCUT2D eigenvalue weighted by Crippen LogP contribution is 2.17. The predicted octanol–water partition coefficient (Wildman–Crippen LogP) is 3.21. The first kappa shape index (κ1) is 13.6. The van der Waals surface area contributed by atoms with E-state index in [1.807, 2.05) is 0 Å². The molecule has 2 heteroatoms. The van der Waals surface area contributed by atoms with Crippen molar-refractivity contribution >= 4 is 0 Å². The Labute approximate surface area is 111 Å². The van der Waals surface area contributed by atoms with Crippen LogP contribution in [0.25, 0.3) is 0 Å². The van der Waals surface area contributed by atoms with Crippen molar-refractivity contribution < 1.29 is 0 Å². The van der Waals surface area contributed by atoms with Crippen LogP contribution < -0.4 is 5.32 Å². The van der Waals surface area contributed by atoms with E-state index < -0.39 is 0 Å². The van der Waals surface area contributed by atoms with Gasteiger partial charge in [0.15, 0.2) is 0 Å². The molecule has 1 aromatic carbocycles. The van der Waals surface area contributed by atoms with E-state index in [0.29, 0.717) is 6.04 Å². The second-order valence-electron chi connectivity index (χ2n) is 5.30. The molecule has 0 aromatic heterocycles. The standard InChI is InChI=1S/C16H26N2/c1-17-16(15-9-5-4-6-10-15)11-14-18-12-7-2-3-8-13-18/h4-6,9-10,16-17H,2-3,7-8,11-14H2,1H3. The Morgan fingerprint density at radius 2 is 1.72 bits per heavy atom. The minimum Gasteiger partial charge on any atom is -0.313 e. The van der Waals surface area contributed by atoms with Crippen LogP contribution in [0.1, 0.15) is 43.7 Å². The van der Waals surface area contributed by atoms with Crippen LogP contribution in [0.3, 0.4) is 0 Å². The van der Waals surface area contributed by atoms with Gasteiger partial charge in [-0.25, -0.2) is 0 Å². The molecule has 1 atom stereocenters. The molecule has 0 saturated carbocycles. The maximum absolute atomic E-state index is 3.45. The molecule has 1 aliphatic heterocycles. The van der Waals surface area contributed by atoms with Crippen molar-refractivity contribution in [3.05, 3.63) is 35.9 Å². The molecule has 0 bridgehead atoms. The van der Waals surface area contributed by atoms with Gasteiger partial charge in [-0.3, -0.25) is 0 Å². The molecular formula is C16H26N2. The molecule has 0 aliphatic carbocycles. The summed E-state index contributed by atoms with van der Waals surface area (Å²) in [5, 5.41) is 3.45. The maximum Gasteiger partial charge on any atom is 0.0329 e. The minimum absolute atomic E-state index is 0.495. The topological polar surface area (TPSA) is 15.3 Å². The van der Waals surface area contributed by atoms with Crippen LogP contribution in [-0.4, -0.2) is 31.6 Å². The number of hydrogen-bond donors (Lipinski definition) is 1. The molecule has 1 aromatic rings. The van der Waals surface area contributed by atoms with Crippen molar-refractivity contribution in [1.82, 2.24) is 10.2 Å². The smallest absolute Gasteiger partial charge is 0.0329 e. The number of likely N-dealkylation sites (tertiary alicyclic amines) is 1. The number of rotatable bonds is 5. The van der Waals surface area contributed by atoms with Crippen LogP contribution in [0.5, 0.6) is 0 Å². The lowest BCUT2D eigenvalue weighted by atomic mass is 10.0. The molecule has 1 N–H and O–H groups in total. The van der Waals surface area contributed by atoms with E-state index in [2.05, 4.69) is 47.6 Å². The van der Waals surface area contributed by atoms with Gasteiger partial charge in [0.05, 0.1) is 0 Å². The van der Waals surface area contributed by atoms with Crippen LogP contribution in [-0.2, 0) is 0 Å². The average molecular weight is 246 g/mol. The summed E-state index contributed by atoms with van der Waals surface area (Å²) < 4.78 is 0. The summed E-state index contributed by atoms with van der Waals surface area (Å²) in [6.45, 7) is 3.82. The fourth-order valence-corrected chi connectivity index (χ4v) is 2.83. The van der Waals surface area contributed by atoms with Crippen LogP contribution in [0, 0.1) is 0 Å². The second-order valence-corrected chi connectivity index (χ2v) is 5.30. The second kappa shape index (κ2) is 7.55. The van der Waals surface area contributed by atoms with Crippen LogP contribution >= 0.6 is 0 Å². The van der Waals surface area contributed by atoms with Crippen LogP contribution in [0.2, 0.25) is 0 Å². The molecule has 0 spiro atoms. The molecule has 2 rings (SSSR count). The minimum atomic E-state index is 0.495. The van der Waals surface area contributed by atoms with Gasteiger partial charge in [-0.05, 0) is 51.5 Å².